The number of aromatic nitrogens is 1. The highest BCUT2D eigenvalue weighted by atomic mass is 32.1. The van der Waals surface area contributed by atoms with Gasteiger partial charge in [-0.15, -0.1) is 0 Å². The summed E-state index contributed by atoms with van der Waals surface area (Å²) in [5.41, 5.74) is 0.890. The molecule has 1 aromatic heterocycles. The molecule has 1 fully saturated rings. The lowest BCUT2D eigenvalue weighted by atomic mass is 10.1. The van der Waals surface area contributed by atoms with Gasteiger partial charge in [0.15, 0.2) is 5.13 Å². The zero-order valence-electron chi connectivity index (χ0n) is 12.3. The van der Waals surface area contributed by atoms with Gasteiger partial charge in [-0.3, -0.25) is 9.59 Å². The van der Waals surface area contributed by atoms with E-state index in [0.717, 1.165) is 21.0 Å². The predicted octanol–water partition coefficient (Wildman–Crippen LogP) is 3.87. The predicted molar refractivity (Wildman–Crippen MR) is 98.5 cm³/mol. The molecule has 0 spiro atoms. The molecule has 1 saturated carbocycles. The summed E-state index contributed by atoms with van der Waals surface area (Å²) in [7, 11) is 0. The van der Waals surface area contributed by atoms with Crippen molar-refractivity contribution >= 4 is 62.6 Å². The molecule has 0 saturated heterocycles. The second-order valence-corrected chi connectivity index (χ2v) is 6.62. The van der Waals surface area contributed by atoms with E-state index in [1.165, 1.54) is 11.3 Å². The first kappa shape index (κ1) is 16.0. The molecule has 4 rings (SSSR count). The molecule has 3 aromatic rings. The number of ketones is 1. The summed E-state index contributed by atoms with van der Waals surface area (Å²) in [4.78, 5) is 28.0. The van der Waals surface area contributed by atoms with Crippen LogP contribution >= 0.6 is 24.8 Å². The van der Waals surface area contributed by atoms with Gasteiger partial charge in [-0.2, -0.15) is 13.5 Å². The fraction of sp³-hybridized carbons (Fsp3) is 0.235. The Morgan fingerprint density at radius 2 is 2.04 bits per heavy atom. The summed E-state index contributed by atoms with van der Waals surface area (Å²) in [6.45, 7) is 0. The second-order valence-electron chi connectivity index (χ2n) is 5.62. The third-order valence-corrected chi connectivity index (χ3v) is 5.15. The topological polar surface area (TPSA) is 59.1 Å². The van der Waals surface area contributed by atoms with Crippen LogP contribution in [0.4, 0.5) is 5.13 Å². The fourth-order valence-corrected chi connectivity index (χ4v) is 3.96. The van der Waals surface area contributed by atoms with Crippen molar-refractivity contribution < 1.29 is 9.59 Å². The van der Waals surface area contributed by atoms with Crippen molar-refractivity contribution in [3.05, 3.63) is 36.4 Å². The van der Waals surface area contributed by atoms with Gasteiger partial charge in [-0.1, -0.05) is 41.7 Å². The van der Waals surface area contributed by atoms with Crippen molar-refractivity contribution in [3.63, 3.8) is 0 Å². The molecular formula is C17H16N2O2S2. The molecule has 6 heteroatoms. The van der Waals surface area contributed by atoms with E-state index in [1.54, 1.807) is 0 Å². The maximum Gasteiger partial charge on any atom is 0.229 e. The van der Waals surface area contributed by atoms with E-state index in [9.17, 15) is 9.59 Å². The summed E-state index contributed by atoms with van der Waals surface area (Å²) in [6, 6.07) is 12.2. The van der Waals surface area contributed by atoms with Crippen LogP contribution in [0.25, 0.3) is 21.0 Å². The van der Waals surface area contributed by atoms with Gasteiger partial charge in [-0.05, 0) is 17.9 Å². The molecule has 1 N–H and O–H groups in total. The lowest BCUT2D eigenvalue weighted by molar-refractivity contribution is -0.122. The molecule has 2 aromatic carbocycles. The third kappa shape index (κ3) is 2.96. The Bertz CT molecular complexity index is 904. The molecular weight excluding hydrogens is 328 g/mol. The minimum Gasteiger partial charge on any atom is -0.302 e. The number of Topliss-reactive ketones (excluding diaryl/α,β-unsaturated/α-hetero) is 1. The van der Waals surface area contributed by atoms with Crippen molar-refractivity contribution in [1.29, 1.82) is 0 Å². The van der Waals surface area contributed by atoms with Gasteiger partial charge in [0, 0.05) is 24.1 Å². The van der Waals surface area contributed by atoms with E-state index in [1.807, 2.05) is 24.3 Å². The van der Waals surface area contributed by atoms with Gasteiger partial charge in [0.05, 0.1) is 10.2 Å². The van der Waals surface area contributed by atoms with Crippen LogP contribution in [-0.4, -0.2) is 16.7 Å². The molecule has 1 amide bonds. The lowest BCUT2D eigenvalue weighted by Crippen LogP contribution is -2.20. The van der Waals surface area contributed by atoms with Gasteiger partial charge in [0.25, 0.3) is 0 Å². The molecule has 1 atom stereocenters. The van der Waals surface area contributed by atoms with E-state index < -0.39 is 0 Å². The number of nitrogens with zero attached hydrogens (tertiary/aromatic N) is 1. The average molecular weight is 344 g/mol. The van der Waals surface area contributed by atoms with Crippen molar-refractivity contribution in [3.8, 4) is 0 Å². The zero-order chi connectivity index (χ0) is 15.1. The number of rotatable bonds is 2. The van der Waals surface area contributed by atoms with Crippen molar-refractivity contribution in [2.45, 2.75) is 19.3 Å². The number of hydrogen-bond acceptors (Lipinski definition) is 4. The number of anilines is 1. The van der Waals surface area contributed by atoms with Crippen molar-refractivity contribution in [2.75, 3.05) is 5.32 Å². The summed E-state index contributed by atoms with van der Waals surface area (Å²) in [5, 5.41) is 5.79. The maximum absolute atomic E-state index is 12.2. The molecule has 0 radical (unpaired) electrons. The number of carbonyl (C=O) groups is 2. The number of amides is 1. The molecule has 0 unspecified atom stereocenters. The Labute approximate surface area is 144 Å². The molecule has 4 nitrogen and oxygen atoms in total. The van der Waals surface area contributed by atoms with E-state index in [0.29, 0.717) is 24.4 Å². The normalized spacial score (nSPS) is 17.4. The smallest absolute Gasteiger partial charge is 0.229 e. The van der Waals surface area contributed by atoms with Gasteiger partial charge in [0.2, 0.25) is 5.91 Å². The minimum atomic E-state index is -0.198. The van der Waals surface area contributed by atoms with Gasteiger partial charge < -0.3 is 5.32 Å². The summed E-state index contributed by atoms with van der Waals surface area (Å²) < 4.78 is 1.08. The number of thiazole rings is 1. The SMILES string of the molecule is O=C1CC[C@@H](C(=O)Nc2nc3ccc4ccccc4c3s2)C1.S. The molecule has 1 aliphatic carbocycles. The van der Waals surface area contributed by atoms with Gasteiger partial charge >= 0.3 is 0 Å². The first-order valence-corrected chi connectivity index (χ1v) is 8.13. The highest BCUT2D eigenvalue weighted by Crippen LogP contribution is 2.33. The highest BCUT2D eigenvalue weighted by Gasteiger charge is 2.28. The average Bonchev–Trinajstić information content (AvgIpc) is 3.13. The maximum atomic E-state index is 12.2. The van der Waals surface area contributed by atoms with Crippen LogP contribution in [0.5, 0.6) is 0 Å². The Balaban J connectivity index is 0.00000156. The van der Waals surface area contributed by atoms with E-state index >= 15 is 0 Å². The molecule has 0 bridgehead atoms. The van der Waals surface area contributed by atoms with Gasteiger partial charge in [0.1, 0.15) is 5.78 Å². The quantitative estimate of drug-likeness (QED) is 0.768. The number of benzene rings is 2. The molecule has 118 valence electrons. The number of nitrogens with one attached hydrogen (secondary N) is 1. The fourth-order valence-electron chi connectivity index (χ4n) is 2.95. The van der Waals surface area contributed by atoms with E-state index in [2.05, 4.69) is 22.4 Å². The van der Waals surface area contributed by atoms with Crippen LogP contribution in [0.3, 0.4) is 0 Å². The van der Waals surface area contributed by atoms with Crippen LogP contribution < -0.4 is 5.32 Å². The van der Waals surface area contributed by atoms with Crippen LogP contribution in [0.2, 0.25) is 0 Å². The molecule has 1 heterocycles. The van der Waals surface area contributed by atoms with Gasteiger partial charge in [-0.25, -0.2) is 4.98 Å². The Morgan fingerprint density at radius 1 is 1.22 bits per heavy atom. The van der Waals surface area contributed by atoms with Crippen LogP contribution in [0.1, 0.15) is 19.3 Å². The Morgan fingerprint density at radius 3 is 2.83 bits per heavy atom. The minimum absolute atomic E-state index is 0. The zero-order valence-corrected chi connectivity index (χ0v) is 14.2. The third-order valence-electron chi connectivity index (χ3n) is 4.13. The first-order chi connectivity index (χ1) is 10.7. The first-order valence-electron chi connectivity index (χ1n) is 7.31. The standard InChI is InChI=1S/C17H14N2O2S.H2S/c20-12-7-5-11(9-12)16(21)19-17-18-14-8-6-10-3-1-2-4-13(10)15(14)22-17;/h1-4,6,8,11H,5,7,9H2,(H,18,19,21);1H2/t11-;/m1./s1. The van der Waals surface area contributed by atoms with E-state index in [-0.39, 0.29) is 31.1 Å². The summed E-state index contributed by atoms with van der Waals surface area (Å²) >= 11 is 1.49. The van der Waals surface area contributed by atoms with Crippen LogP contribution in [0.15, 0.2) is 36.4 Å². The monoisotopic (exact) mass is 344 g/mol. The van der Waals surface area contributed by atoms with Crippen molar-refractivity contribution in [2.24, 2.45) is 5.92 Å². The Kier molecular flexibility index (Phi) is 4.37. The highest BCUT2D eigenvalue weighted by molar-refractivity contribution is 7.59. The molecule has 1 aliphatic rings. The largest absolute Gasteiger partial charge is 0.302 e. The molecule has 0 aliphatic heterocycles. The second kappa shape index (κ2) is 6.29. The van der Waals surface area contributed by atoms with Crippen molar-refractivity contribution in [1.82, 2.24) is 4.98 Å². The summed E-state index contributed by atoms with van der Waals surface area (Å²) in [5.74, 6) is -0.110. The number of fused-ring (bicyclic) bond motifs is 3. The van der Waals surface area contributed by atoms with Crippen LogP contribution in [0, 0.1) is 5.92 Å². The number of hydrogen-bond donors (Lipinski definition) is 1. The number of carbonyl (C=O) groups excluding carboxylic acids is 2. The van der Waals surface area contributed by atoms with Crippen LogP contribution in [-0.2, 0) is 9.59 Å². The summed E-state index contributed by atoms with van der Waals surface area (Å²) in [6.07, 6.45) is 1.53. The Hall–Kier alpha value is -1.92. The lowest BCUT2D eigenvalue weighted by Gasteiger charge is -2.06. The van der Waals surface area contributed by atoms with E-state index in [4.69, 9.17) is 0 Å². The molecule has 23 heavy (non-hydrogen) atoms.